The average molecular weight is 497 g/mol. The highest BCUT2D eigenvalue weighted by Gasteiger charge is 2.62. The average Bonchev–Trinajstić information content (AvgIpc) is 3.48. The standard InChI is InChI=1S/C24H28F3N3O3S/c1-4-34(32,33)29-21-19(30(14-24(21,26)27)22(31)23(3)11-12-23)13-16-8-6-9-17(20(16)25)18-10-5-7-15(2)28-18/h5-10,19,21H,4,11-14H2,1-3H3,(H-,29,32,33)/p+1/t19-,21+/m0/s1. The highest BCUT2D eigenvalue weighted by atomic mass is 32.3. The van der Waals surface area contributed by atoms with E-state index in [0.29, 0.717) is 24.2 Å². The number of amides is 1. The number of hydrogen-bond donors (Lipinski definition) is 2. The molecule has 10 heteroatoms. The zero-order valence-corrected chi connectivity index (χ0v) is 20.2. The fourth-order valence-corrected chi connectivity index (χ4v) is 5.30. The minimum atomic E-state index is -3.76. The summed E-state index contributed by atoms with van der Waals surface area (Å²) in [7, 11) is -3.76. The van der Waals surface area contributed by atoms with E-state index in [1.807, 2.05) is 0 Å². The Kier molecular flexibility index (Phi) is 6.37. The molecule has 1 amide bonds. The highest BCUT2D eigenvalue weighted by Crippen LogP contribution is 2.49. The lowest BCUT2D eigenvalue weighted by Gasteiger charge is -2.29. The molecule has 2 fully saturated rings. The molecular formula is C24H29F3N3O3S+. The zero-order chi connectivity index (χ0) is 24.9. The van der Waals surface area contributed by atoms with E-state index >= 15 is 13.2 Å². The number of carbonyl (C=O) groups is 1. The molecule has 2 aromatic rings. The van der Waals surface area contributed by atoms with Gasteiger partial charge in [0.2, 0.25) is 5.91 Å². The number of likely N-dealkylation sites (tertiary alicyclic amines) is 1. The van der Waals surface area contributed by atoms with Crippen LogP contribution in [0.5, 0.6) is 0 Å². The minimum Gasteiger partial charge on any atom is -0.331 e. The molecule has 0 spiro atoms. The van der Waals surface area contributed by atoms with Gasteiger partial charge in [-0.2, -0.15) is 4.55 Å². The summed E-state index contributed by atoms with van der Waals surface area (Å²) in [5.74, 6) is -4.78. The number of nitrogens with one attached hydrogen (secondary N) is 1. The predicted molar refractivity (Wildman–Crippen MR) is 124 cm³/mol. The Morgan fingerprint density at radius 3 is 2.56 bits per heavy atom. The molecule has 4 rings (SSSR count). The van der Waals surface area contributed by atoms with Crippen LogP contribution in [0.3, 0.4) is 0 Å². The lowest BCUT2D eigenvalue weighted by atomic mass is 9.95. The van der Waals surface area contributed by atoms with Crippen LogP contribution in [0.15, 0.2) is 36.4 Å². The van der Waals surface area contributed by atoms with E-state index in [1.165, 1.54) is 13.0 Å². The fourth-order valence-electron chi connectivity index (χ4n) is 4.40. The van der Waals surface area contributed by atoms with Gasteiger partial charge in [-0.05, 0) is 61.1 Å². The smallest absolute Gasteiger partial charge is 0.288 e. The molecule has 184 valence electrons. The van der Waals surface area contributed by atoms with E-state index in [-0.39, 0.29) is 23.3 Å². The summed E-state index contributed by atoms with van der Waals surface area (Å²) in [6.45, 7) is 4.02. The van der Waals surface area contributed by atoms with Gasteiger partial charge in [0.1, 0.15) is 11.9 Å². The zero-order valence-electron chi connectivity index (χ0n) is 19.4. The monoisotopic (exact) mass is 496 g/mol. The molecule has 1 saturated carbocycles. The fraction of sp³-hybridized carbons (Fsp3) is 0.500. The van der Waals surface area contributed by atoms with E-state index < -0.39 is 52.1 Å². The number of nitrogens with zero attached hydrogens (tertiary/aromatic N) is 2. The summed E-state index contributed by atoms with van der Waals surface area (Å²) < 4.78 is 70.5. The maximum atomic E-state index is 15.6. The van der Waals surface area contributed by atoms with Gasteiger partial charge in [0.25, 0.3) is 16.3 Å². The van der Waals surface area contributed by atoms with Crippen LogP contribution < -0.4 is 4.72 Å². The van der Waals surface area contributed by atoms with Crippen LogP contribution in [0.4, 0.5) is 13.2 Å². The number of halogens is 3. The Bertz CT molecular complexity index is 1160. The number of aromatic nitrogens is 1. The Morgan fingerprint density at radius 1 is 1.26 bits per heavy atom. The molecule has 3 atom stereocenters. The third kappa shape index (κ3) is 4.76. The first-order chi connectivity index (χ1) is 15.9. The summed E-state index contributed by atoms with van der Waals surface area (Å²) in [6, 6.07) is 6.86. The third-order valence-corrected chi connectivity index (χ3v) is 8.18. The van der Waals surface area contributed by atoms with Gasteiger partial charge in [-0.1, -0.05) is 29.8 Å². The third-order valence-electron chi connectivity index (χ3n) is 6.77. The maximum Gasteiger partial charge on any atom is 0.288 e. The summed E-state index contributed by atoms with van der Waals surface area (Å²) in [6.07, 6.45) is 0.945. The summed E-state index contributed by atoms with van der Waals surface area (Å²) in [5.41, 5.74) is 0.750. The van der Waals surface area contributed by atoms with E-state index in [1.54, 1.807) is 44.2 Å². The van der Waals surface area contributed by atoms with Crippen molar-refractivity contribution in [3.63, 3.8) is 0 Å². The normalized spacial score (nSPS) is 24.6. The maximum absolute atomic E-state index is 15.6. The van der Waals surface area contributed by atoms with Crippen molar-refractivity contribution in [2.24, 2.45) is 5.41 Å². The number of benzene rings is 1. The van der Waals surface area contributed by atoms with Crippen LogP contribution in [-0.2, 0) is 25.8 Å². The van der Waals surface area contributed by atoms with Gasteiger partial charge in [-0.25, -0.2) is 13.2 Å². The second-order valence-corrected chi connectivity index (χ2v) is 11.6. The van der Waals surface area contributed by atoms with Crippen LogP contribution in [0.25, 0.3) is 11.3 Å². The number of carbonyl (C=O) groups excluding carboxylic acids is 1. The van der Waals surface area contributed by atoms with Gasteiger partial charge in [0.05, 0.1) is 18.3 Å². The number of aryl methyl sites for hydroxylation is 1. The van der Waals surface area contributed by atoms with Crippen LogP contribution >= 0.6 is 0 Å². The Labute approximate surface area is 198 Å². The van der Waals surface area contributed by atoms with Crippen molar-refractivity contribution in [2.45, 2.75) is 58.0 Å². The molecular weight excluding hydrogens is 467 g/mol. The SMILES string of the molecule is CC[S+](=O)(O)N[C@@H]1[C@H](Cc2cccc(-c3cccc(C)n3)c2F)N(C(=O)C2(C)CC2)CC1(F)F. The Hall–Kier alpha value is -2.30. The summed E-state index contributed by atoms with van der Waals surface area (Å²) in [4.78, 5) is 18.6. The number of hydrogen-bond acceptors (Lipinski definition) is 3. The molecule has 1 unspecified atom stereocenters. The lowest BCUT2D eigenvalue weighted by Crippen LogP contribution is -2.54. The van der Waals surface area contributed by atoms with Crippen molar-refractivity contribution < 1.29 is 26.7 Å². The van der Waals surface area contributed by atoms with Gasteiger partial charge < -0.3 is 4.90 Å². The second-order valence-electron chi connectivity index (χ2n) is 9.49. The van der Waals surface area contributed by atoms with Crippen molar-refractivity contribution in [3.05, 3.63) is 53.5 Å². The van der Waals surface area contributed by atoms with Gasteiger partial charge >= 0.3 is 0 Å². The molecule has 0 radical (unpaired) electrons. The first-order valence-electron chi connectivity index (χ1n) is 11.3. The highest BCUT2D eigenvalue weighted by molar-refractivity contribution is 7.95. The molecule has 2 aliphatic rings. The molecule has 6 nitrogen and oxygen atoms in total. The van der Waals surface area contributed by atoms with E-state index in [0.717, 1.165) is 4.90 Å². The van der Waals surface area contributed by atoms with Crippen molar-refractivity contribution in [1.82, 2.24) is 14.6 Å². The topological polar surface area (TPSA) is 82.5 Å². The molecule has 34 heavy (non-hydrogen) atoms. The molecule has 2 N–H and O–H groups in total. The van der Waals surface area contributed by atoms with Gasteiger partial charge in [0.15, 0.2) is 5.75 Å². The summed E-state index contributed by atoms with van der Waals surface area (Å²) in [5, 5.41) is 0. The van der Waals surface area contributed by atoms with Crippen LogP contribution in [-0.4, -0.2) is 50.6 Å². The Morgan fingerprint density at radius 2 is 1.94 bits per heavy atom. The van der Waals surface area contributed by atoms with Gasteiger partial charge in [-0.3, -0.25) is 9.78 Å². The van der Waals surface area contributed by atoms with Crippen LogP contribution in [0.2, 0.25) is 0 Å². The van der Waals surface area contributed by atoms with Crippen LogP contribution in [0, 0.1) is 18.2 Å². The van der Waals surface area contributed by atoms with Crippen molar-refractivity contribution >= 4 is 16.3 Å². The minimum absolute atomic E-state index is 0.134. The first-order valence-corrected chi connectivity index (χ1v) is 13.0. The van der Waals surface area contributed by atoms with Gasteiger partial charge in [-0.15, -0.1) is 0 Å². The molecule has 0 bridgehead atoms. The van der Waals surface area contributed by atoms with E-state index in [2.05, 4.69) is 9.71 Å². The van der Waals surface area contributed by atoms with Crippen LogP contribution in [0.1, 0.15) is 37.9 Å². The van der Waals surface area contributed by atoms with Crippen molar-refractivity contribution in [1.29, 1.82) is 0 Å². The lowest BCUT2D eigenvalue weighted by molar-refractivity contribution is -0.138. The number of rotatable bonds is 7. The molecule has 1 saturated heterocycles. The number of pyridine rings is 1. The second kappa shape index (κ2) is 8.73. The number of alkyl halides is 2. The predicted octanol–water partition coefficient (Wildman–Crippen LogP) is 4.25. The van der Waals surface area contributed by atoms with Crippen molar-refractivity contribution in [2.75, 3.05) is 12.3 Å². The molecule has 1 aromatic carbocycles. The molecule has 1 aliphatic carbocycles. The first kappa shape index (κ1) is 24.8. The van der Waals surface area contributed by atoms with E-state index in [4.69, 9.17) is 0 Å². The van der Waals surface area contributed by atoms with Crippen molar-refractivity contribution in [3.8, 4) is 11.3 Å². The molecule has 1 aliphatic heterocycles. The quantitative estimate of drug-likeness (QED) is 0.562. The Balaban J connectivity index is 1.73. The largest absolute Gasteiger partial charge is 0.331 e. The molecule has 1 aromatic heterocycles. The molecule has 2 heterocycles. The van der Waals surface area contributed by atoms with Gasteiger partial charge in [0, 0.05) is 16.7 Å². The summed E-state index contributed by atoms with van der Waals surface area (Å²) >= 11 is 0. The van der Waals surface area contributed by atoms with E-state index in [9.17, 15) is 13.6 Å².